The molecular weight excluding hydrogens is 297 g/mol. The quantitative estimate of drug-likeness (QED) is 0.694. The normalized spacial score (nSPS) is 10.2. The fraction of sp³-hybridized carbons (Fsp3) is 0.133. The molecule has 0 radical (unpaired) electrons. The molecule has 2 N–H and O–H groups in total. The van der Waals surface area contributed by atoms with Crippen molar-refractivity contribution in [2.45, 2.75) is 6.61 Å². The Hall–Kier alpha value is -2.27. The average molecular weight is 310 g/mol. The van der Waals surface area contributed by atoms with E-state index in [0.717, 1.165) is 0 Å². The topological polar surface area (TPSA) is 61.5 Å². The number of anilines is 1. The molecular formula is C15H13ClFNO3. The number of hydrogen-bond acceptors (Lipinski definition) is 4. The number of carbonyl (C=O) groups excluding carboxylic acids is 1. The van der Waals surface area contributed by atoms with Gasteiger partial charge in [-0.1, -0.05) is 23.7 Å². The minimum Gasteiger partial charge on any atom is -0.494 e. The Bertz CT molecular complexity index is 656. The maximum absolute atomic E-state index is 13.5. The molecule has 2 aromatic rings. The molecule has 2 aromatic carbocycles. The van der Waals surface area contributed by atoms with E-state index in [0.29, 0.717) is 5.56 Å². The number of benzene rings is 2. The molecule has 0 atom stereocenters. The molecule has 6 heteroatoms. The molecule has 0 aromatic heterocycles. The molecule has 21 heavy (non-hydrogen) atoms. The Kier molecular flexibility index (Phi) is 4.65. The van der Waals surface area contributed by atoms with Gasteiger partial charge in [-0.2, -0.15) is 0 Å². The maximum atomic E-state index is 13.5. The fourth-order valence-electron chi connectivity index (χ4n) is 1.78. The molecule has 0 aliphatic heterocycles. The Labute approximate surface area is 126 Å². The first-order valence-corrected chi connectivity index (χ1v) is 6.44. The summed E-state index contributed by atoms with van der Waals surface area (Å²) in [5, 5.41) is 0.209. The van der Waals surface area contributed by atoms with Crippen LogP contribution in [0.2, 0.25) is 5.02 Å². The number of ether oxygens (including phenoxy) is 2. The third-order valence-electron chi connectivity index (χ3n) is 2.84. The molecule has 0 fully saturated rings. The lowest BCUT2D eigenvalue weighted by molar-refractivity contribution is 0.0473. The van der Waals surface area contributed by atoms with E-state index in [4.69, 9.17) is 26.8 Å². The first-order chi connectivity index (χ1) is 10.0. The van der Waals surface area contributed by atoms with Crippen molar-refractivity contribution in [2.75, 3.05) is 12.8 Å². The van der Waals surface area contributed by atoms with Crippen molar-refractivity contribution in [2.24, 2.45) is 0 Å². The molecule has 110 valence electrons. The van der Waals surface area contributed by atoms with Crippen LogP contribution < -0.4 is 10.5 Å². The Morgan fingerprint density at radius 1 is 1.33 bits per heavy atom. The lowest BCUT2D eigenvalue weighted by Crippen LogP contribution is -2.09. The Morgan fingerprint density at radius 2 is 2.10 bits per heavy atom. The fourth-order valence-corrected chi connectivity index (χ4v) is 2.04. The number of halogens is 2. The lowest BCUT2D eigenvalue weighted by atomic mass is 10.2. The second kappa shape index (κ2) is 6.45. The smallest absolute Gasteiger partial charge is 0.342 e. The van der Waals surface area contributed by atoms with Crippen LogP contribution in [0, 0.1) is 5.82 Å². The molecule has 0 bridgehead atoms. The summed E-state index contributed by atoms with van der Waals surface area (Å²) in [6.07, 6.45) is 0. The van der Waals surface area contributed by atoms with Gasteiger partial charge < -0.3 is 15.2 Å². The average Bonchev–Trinajstić information content (AvgIpc) is 2.45. The van der Waals surface area contributed by atoms with E-state index in [-0.39, 0.29) is 28.6 Å². The van der Waals surface area contributed by atoms with Crippen LogP contribution in [0.25, 0.3) is 0 Å². The summed E-state index contributed by atoms with van der Waals surface area (Å²) in [6.45, 7) is -0.0928. The highest BCUT2D eigenvalue weighted by Crippen LogP contribution is 2.24. The van der Waals surface area contributed by atoms with Gasteiger partial charge in [-0.15, -0.1) is 0 Å². The predicted octanol–water partition coefficient (Wildman–Crippen LogP) is 3.43. The van der Waals surface area contributed by atoms with Crippen molar-refractivity contribution >= 4 is 23.3 Å². The second-order valence-electron chi connectivity index (χ2n) is 4.25. The second-order valence-corrected chi connectivity index (χ2v) is 4.66. The van der Waals surface area contributed by atoms with Gasteiger partial charge in [-0.25, -0.2) is 9.18 Å². The molecule has 0 aliphatic rings. The van der Waals surface area contributed by atoms with Crippen molar-refractivity contribution in [3.05, 3.63) is 58.4 Å². The minimum atomic E-state index is -0.658. The van der Waals surface area contributed by atoms with Gasteiger partial charge >= 0.3 is 5.97 Å². The molecule has 0 unspecified atom stereocenters. The van der Waals surface area contributed by atoms with Crippen LogP contribution in [-0.4, -0.2) is 13.1 Å². The number of esters is 1. The van der Waals surface area contributed by atoms with Crippen LogP contribution in [-0.2, 0) is 11.3 Å². The van der Waals surface area contributed by atoms with Gasteiger partial charge in [-0.05, 0) is 29.8 Å². The summed E-state index contributed by atoms with van der Waals surface area (Å²) in [4.78, 5) is 12.0. The highest BCUT2D eigenvalue weighted by molar-refractivity contribution is 6.34. The van der Waals surface area contributed by atoms with Gasteiger partial charge in [-0.3, -0.25) is 0 Å². The maximum Gasteiger partial charge on any atom is 0.342 e. The van der Waals surface area contributed by atoms with E-state index in [1.165, 1.54) is 19.2 Å². The van der Waals surface area contributed by atoms with Crippen molar-refractivity contribution < 1.29 is 18.7 Å². The zero-order valence-corrected chi connectivity index (χ0v) is 12.0. The summed E-state index contributed by atoms with van der Waals surface area (Å²) in [6, 6.07) is 9.03. The summed E-state index contributed by atoms with van der Waals surface area (Å²) in [5.74, 6) is -1.06. The van der Waals surface area contributed by atoms with Crippen molar-refractivity contribution in [3.63, 3.8) is 0 Å². The minimum absolute atomic E-state index is 0.0928. The zero-order chi connectivity index (χ0) is 15.4. The third-order valence-corrected chi connectivity index (χ3v) is 3.15. The third kappa shape index (κ3) is 3.44. The van der Waals surface area contributed by atoms with E-state index in [1.807, 2.05) is 0 Å². The standard InChI is InChI=1S/C15H13ClFNO3/c1-20-13-6-5-9(7-11(13)17)8-21-15(19)14-10(16)3-2-4-12(14)18/h2-7H,8,18H2,1H3. The molecule has 0 spiro atoms. The Balaban J connectivity index is 2.09. The molecule has 0 aliphatic carbocycles. The van der Waals surface area contributed by atoms with Crippen LogP contribution in [0.4, 0.5) is 10.1 Å². The van der Waals surface area contributed by atoms with Gasteiger partial charge in [0, 0.05) is 5.69 Å². The van der Waals surface area contributed by atoms with Crippen LogP contribution in [0.15, 0.2) is 36.4 Å². The van der Waals surface area contributed by atoms with E-state index in [9.17, 15) is 9.18 Å². The number of methoxy groups -OCH3 is 1. The van der Waals surface area contributed by atoms with Crippen molar-refractivity contribution in [1.82, 2.24) is 0 Å². The number of hydrogen-bond donors (Lipinski definition) is 1. The van der Waals surface area contributed by atoms with Gasteiger partial charge in [0.1, 0.15) is 12.2 Å². The molecule has 4 nitrogen and oxygen atoms in total. The number of rotatable bonds is 4. The monoisotopic (exact) mass is 309 g/mol. The molecule has 0 heterocycles. The van der Waals surface area contributed by atoms with Crippen LogP contribution in [0.3, 0.4) is 0 Å². The largest absolute Gasteiger partial charge is 0.494 e. The zero-order valence-electron chi connectivity index (χ0n) is 11.2. The number of nitrogens with two attached hydrogens (primary N) is 1. The van der Waals surface area contributed by atoms with Crippen LogP contribution >= 0.6 is 11.6 Å². The summed E-state index contributed by atoms with van der Waals surface area (Å²) >= 11 is 5.91. The lowest BCUT2D eigenvalue weighted by Gasteiger charge is -2.09. The van der Waals surface area contributed by atoms with E-state index >= 15 is 0 Å². The molecule has 0 saturated carbocycles. The Morgan fingerprint density at radius 3 is 2.71 bits per heavy atom. The SMILES string of the molecule is COc1ccc(COC(=O)c2c(N)cccc2Cl)cc1F. The number of carbonyl (C=O) groups is 1. The molecule has 0 amide bonds. The van der Waals surface area contributed by atoms with Gasteiger partial charge in [0.25, 0.3) is 0 Å². The van der Waals surface area contributed by atoms with Gasteiger partial charge in [0.15, 0.2) is 11.6 Å². The van der Waals surface area contributed by atoms with Gasteiger partial charge in [0.05, 0.1) is 12.1 Å². The van der Waals surface area contributed by atoms with E-state index in [2.05, 4.69) is 0 Å². The summed E-state index contributed by atoms with van der Waals surface area (Å²) in [7, 11) is 1.37. The highest BCUT2D eigenvalue weighted by Gasteiger charge is 2.15. The molecule has 2 rings (SSSR count). The molecule has 0 saturated heterocycles. The van der Waals surface area contributed by atoms with Crippen molar-refractivity contribution in [1.29, 1.82) is 0 Å². The van der Waals surface area contributed by atoms with Crippen molar-refractivity contribution in [3.8, 4) is 5.75 Å². The predicted molar refractivity (Wildman–Crippen MR) is 77.9 cm³/mol. The van der Waals surface area contributed by atoms with E-state index in [1.54, 1.807) is 24.3 Å². The number of nitrogen functional groups attached to an aromatic ring is 1. The van der Waals surface area contributed by atoms with E-state index < -0.39 is 11.8 Å². The first kappa shape index (κ1) is 15.1. The summed E-state index contributed by atoms with van der Waals surface area (Å²) < 4.78 is 23.4. The van der Waals surface area contributed by atoms with Crippen LogP contribution in [0.5, 0.6) is 5.75 Å². The van der Waals surface area contributed by atoms with Crippen LogP contribution in [0.1, 0.15) is 15.9 Å². The first-order valence-electron chi connectivity index (χ1n) is 6.06. The summed E-state index contributed by atoms with van der Waals surface area (Å²) in [5.41, 5.74) is 6.52. The van der Waals surface area contributed by atoms with Gasteiger partial charge in [0.2, 0.25) is 0 Å². The highest BCUT2D eigenvalue weighted by atomic mass is 35.5.